The molecule has 0 saturated heterocycles. The third kappa shape index (κ3) is 2.68. The zero-order valence-electron chi connectivity index (χ0n) is 7.68. The van der Waals surface area contributed by atoms with Crippen LogP contribution in [0.1, 0.15) is 13.8 Å². The highest BCUT2D eigenvalue weighted by Gasteiger charge is 2.60. The molecule has 14 heavy (non-hydrogen) atoms. The molecular weight excluding hydrogens is 227 g/mol. The molecule has 0 aliphatic heterocycles. The van der Waals surface area contributed by atoms with E-state index in [-0.39, 0.29) is 13.2 Å². The molecule has 0 unspecified atom stereocenters. The Labute approximate surface area is 78.9 Å². The number of alkyl halides is 4. The summed E-state index contributed by atoms with van der Waals surface area (Å²) in [4.78, 5) is 0. The second-order valence-corrected chi connectivity index (χ2v) is 4.33. The Morgan fingerprint density at radius 3 is 1.79 bits per heavy atom. The molecule has 0 aliphatic carbocycles. The van der Waals surface area contributed by atoms with E-state index in [0.717, 1.165) is 0 Å². The van der Waals surface area contributed by atoms with Crippen molar-refractivity contribution in [1.29, 1.82) is 0 Å². The molecule has 0 aliphatic rings. The summed E-state index contributed by atoms with van der Waals surface area (Å²) in [5.74, 6) is 0. The fraction of sp³-hybridized carbons (Fsp3) is 1.00. The van der Waals surface area contributed by atoms with Gasteiger partial charge in [-0.1, -0.05) is 0 Å². The standard InChI is InChI=1S/C6H11F4O3P/c1-3-12-14(11,13-4-2)6(9,10)5(7)8/h5H,3-4H2,1-2H3. The molecule has 0 N–H and O–H groups in total. The smallest absolute Gasteiger partial charge is 0.305 e. The van der Waals surface area contributed by atoms with E-state index in [2.05, 4.69) is 9.05 Å². The highest BCUT2D eigenvalue weighted by Crippen LogP contribution is 2.63. The molecule has 0 saturated carbocycles. The summed E-state index contributed by atoms with van der Waals surface area (Å²) in [7, 11) is -5.06. The van der Waals surface area contributed by atoms with Crippen LogP contribution < -0.4 is 0 Å². The van der Waals surface area contributed by atoms with Gasteiger partial charge in [0.05, 0.1) is 13.2 Å². The monoisotopic (exact) mass is 238 g/mol. The number of rotatable bonds is 6. The fourth-order valence-corrected chi connectivity index (χ4v) is 2.01. The van der Waals surface area contributed by atoms with Crippen molar-refractivity contribution < 1.29 is 31.2 Å². The molecule has 0 atom stereocenters. The minimum Gasteiger partial charge on any atom is -0.305 e. The summed E-state index contributed by atoms with van der Waals surface area (Å²) >= 11 is 0. The van der Waals surface area contributed by atoms with Gasteiger partial charge in [-0.15, -0.1) is 0 Å². The summed E-state index contributed by atoms with van der Waals surface area (Å²) in [6.07, 6.45) is -4.08. The topological polar surface area (TPSA) is 35.5 Å². The highest BCUT2D eigenvalue weighted by atomic mass is 31.2. The van der Waals surface area contributed by atoms with Crippen LogP contribution in [0.2, 0.25) is 0 Å². The van der Waals surface area contributed by atoms with E-state index in [1.165, 1.54) is 13.8 Å². The van der Waals surface area contributed by atoms with E-state index in [0.29, 0.717) is 0 Å². The second-order valence-electron chi connectivity index (χ2n) is 2.22. The van der Waals surface area contributed by atoms with Gasteiger partial charge >= 0.3 is 19.7 Å². The predicted molar refractivity (Wildman–Crippen MR) is 41.8 cm³/mol. The summed E-state index contributed by atoms with van der Waals surface area (Å²) in [6, 6.07) is 0. The molecule has 86 valence electrons. The van der Waals surface area contributed by atoms with Gasteiger partial charge in [0, 0.05) is 0 Å². The van der Waals surface area contributed by atoms with Crippen molar-refractivity contribution in [2.75, 3.05) is 13.2 Å². The maximum absolute atomic E-state index is 12.7. The summed E-state index contributed by atoms with van der Waals surface area (Å²) in [6.45, 7) is 1.74. The van der Waals surface area contributed by atoms with Crippen molar-refractivity contribution in [3.63, 3.8) is 0 Å². The predicted octanol–water partition coefficient (Wildman–Crippen LogP) is 3.11. The van der Waals surface area contributed by atoms with Crippen LogP contribution in [0.5, 0.6) is 0 Å². The number of hydrogen-bond acceptors (Lipinski definition) is 3. The maximum Gasteiger partial charge on any atom is 0.405 e. The molecule has 0 aromatic carbocycles. The third-order valence-electron chi connectivity index (χ3n) is 1.23. The lowest BCUT2D eigenvalue weighted by atomic mass is 10.7. The molecule has 0 aromatic heterocycles. The fourth-order valence-electron chi connectivity index (χ4n) is 0.669. The molecule has 0 amide bonds. The van der Waals surface area contributed by atoms with Crippen molar-refractivity contribution >= 4 is 7.60 Å². The van der Waals surface area contributed by atoms with Crippen molar-refractivity contribution in [3.05, 3.63) is 0 Å². The molecule has 0 bridgehead atoms. The van der Waals surface area contributed by atoms with Crippen LogP contribution >= 0.6 is 7.60 Å². The minimum atomic E-state index is -5.06. The van der Waals surface area contributed by atoms with E-state index < -0.39 is 19.7 Å². The SMILES string of the molecule is CCOP(=O)(OCC)C(F)(F)C(F)F. The van der Waals surface area contributed by atoms with Crippen LogP contribution in [0.4, 0.5) is 17.6 Å². The maximum atomic E-state index is 12.7. The van der Waals surface area contributed by atoms with E-state index in [9.17, 15) is 22.1 Å². The zero-order valence-corrected chi connectivity index (χ0v) is 8.57. The van der Waals surface area contributed by atoms with Crippen LogP contribution in [-0.2, 0) is 13.6 Å². The molecule has 0 spiro atoms. The first-order valence-corrected chi connectivity index (χ1v) is 5.41. The second kappa shape index (κ2) is 5.09. The Bertz CT molecular complexity index is 211. The van der Waals surface area contributed by atoms with Crippen LogP contribution in [0.3, 0.4) is 0 Å². The first-order chi connectivity index (χ1) is 6.31. The van der Waals surface area contributed by atoms with Crippen molar-refractivity contribution in [1.82, 2.24) is 0 Å². The van der Waals surface area contributed by atoms with E-state index in [1.807, 2.05) is 0 Å². The molecule has 0 aromatic rings. The molecule has 8 heteroatoms. The molecule has 0 fully saturated rings. The van der Waals surface area contributed by atoms with Crippen molar-refractivity contribution in [3.8, 4) is 0 Å². The Hall–Kier alpha value is -0.130. The van der Waals surface area contributed by atoms with E-state index in [1.54, 1.807) is 0 Å². The highest BCUT2D eigenvalue weighted by molar-refractivity contribution is 7.55. The van der Waals surface area contributed by atoms with E-state index in [4.69, 9.17) is 0 Å². The van der Waals surface area contributed by atoms with Gasteiger partial charge in [-0.2, -0.15) is 8.78 Å². The van der Waals surface area contributed by atoms with Gasteiger partial charge < -0.3 is 9.05 Å². The summed E-state index contributed by atoms with van der Waals surface area (Å²) < 4.78 is 68.6. The van der Waals surface area contributed by atoms with Crippen LogP contribution in [0, 0.1) is 0 Å². The normalized spacial score (nSPS) is 13.6. The first-order valence-electron chi connectivity index (χ1n) is 3.87. The van der Waals surface area contributed by atoms with Gasteiger partial charge in [0.15, 0.2) is 0 Å². The molecule has 0 heterocycles. The summed E-state index contributed by atoms with van der Waals surface area (Å²) in [5.41, 5.74) is -4.76. The quantitative estimate of drug-likeness (QED) is 0.526. The number of hydrogen-bond donors (Lipinski definition) is 0. The van der Waals surface area contributed by atoms with E-state index >= 15 is 0 Å². The van der Waals surface area contributed by atoms with Crippen molar-refractivity contribution in [2.45, 2.75) is 25.9 Å². The first kappa shape index (κ1) is 13.9. The van der Waals surface area contributed by atoms with Gasteiger partial charge in [0.25, 0.3) is 0 Å². The van der Waals surface area contributed by atoms with Crippen LogP contribution in [0.15, 0.2) is 0 Å². The summed E-state index contributed by atoms with van der Waals surface area (Å²) in [5, 5.41) is 0. The lowest BCUT2D eigenvalue weighted by Crippen LogP contribution is -2.28. The lowest BCUT2D eigenvalue weighted by Gasteiger charge is -2.24. The molecule has 3 nitrogen and oxygen atoms in total. The van der Waals surface area contributed by atoms with Gasteiger partial charge in [0.1, 0.15) is 0 Å². The largest absolute Gasteiger partial charge is 0.405 e. The number of halogens is 4. The molecule has 0 radical (unpaired) electrons. The average Bonchev–Trinajstić information content (AvgIpc) is 2.04. The third-order valence-corrected chi connectivity index (χ3v) is 3.35. The van der Waals surface area contributed by atoms with Gasteiger partial charge in [-0.05, 0) is 13.8 Å². The van der Waals surface area contributed by atoms with Crippen LogP contribution in [0.25, 0.3) is 0 Å². The Morgan fingerprint density at radius 1 is 1.21 bits per heavy atom. The Morgan fingerprint density at radius 2 is 1.57 bits per heavy atom. The average molecular weight is 238 g/mol. The molecule has 0 rings (SSSR count). The van der Waals surface area contributed by atoms with Gasteiger partial charge in [-0.25, -0.2) is 8.78 Å². The molecular formula is C6H11F4O3P. The Kier molecular flexibility index (Phi) is 5.05. The van der Waals surface area contributed by atoms with Crippen LogP contribution in [-0.4, -0.2) is 25.3 Å². The Balaban J connectivity index is 4.89. The lowest BCUT2D eigenvalue weighted by molar-refractivity contribution is -0.0853. The van der Waals surface area contributed by atoms with Gasteiger partial charge in [-0.3, -0.25) is 4.57 Å². The van der Waals surface area contributed by atoms with Crippen molar-refractivity contribution in [2.24, 2.45) is 0 Å². The minimum absolute atomic E-state index is 0.389. The van der Waals surface area contributed by atoms with Gasteiger partial charge in [0.2, 0.25) is 0 Å². The zero-order chi connectivity index (χ0) is 11.4.